The van der Waals surface area contributed by atoms with E-state index in [-0.39, 0.29) is 11.7 Å². The minimum atomic E-state index is -0.635. The van der Waals surface area contributed by atoms with Gasteiger partial charge in [0.15, 0.2) is 0 Å². The van der Waals surface area contributed by atoms with Gasteiger partial charge in [0.25, 0.3) is 0 Å². The van der Waals surface area contributed by atoms with E-state index in [1.165, 1.54) is 0 Å². The highest BCUT2D eigenvalue weighted by atomic mass is 16.7. The number of phenolic OH excluding ortho intramolecular Hbond substituents is 1. The smallest absolute Gasteiger partial charge is 0.333 e. The van der Waals surface area contributed by atoms with Crippen molar-refractivity contribution in [3.63, 3.8) is 0 Å². The highest BCUT2D eigenvalue weighted by Crippen LogP contribution is 2.20. The molecule has 0 aliphatic heterocycles. The molecule has 0 aliphatic rings. The van der Waals surface area contributed by atoms with Gasteiger partial charge in [-0.25, -0.2) is 4.79 Å². The number of hydrogen-bond acceptors (Lipinski definition) is 5. The Morgan fingerprint density at radius 1 is 0.879 bits per heavy atom. The van der Waals surface area contributed by atoms with Crippen molar-refractivity contribution in [1.82, 2.24) is 0 Å². The van der Waals surface area contributed by atoms with Crippen LogP contribution in [-0.4, -0.2) is 29.6 Å². The largest absolute Gasteiger partial charge is 0.508 e. The summed E-state index contributed by atoms with van der Waals surface area (Å²) in [6.07, 6.45) is 7.93. The fourth-order valence-electron chi connectivity index (χ4n) is 2.26. The maximum Gasteiger partial charge on any atom is 0.333 e. The summed E-state index contributed by atoms with van der Waals surface area (Å²) in [5.41, 5.74) is 2.16. The molecule has 0 saturated heterocycles. The van der Waals surface area contributed by atoms with E-state index >= 15 is 0 Å². The topological polar surface area (TPSA) is 65.0 Å². The SMILES string of the molecule is C=C(C)C(=O)OC(C)(C)C.COC(C)(C)Oc1ccc(C=CC=Cc2ccc(O)cc2)cc1. The summed E-state index contributed by atoms with van der Waals surface area (Å²) >= 11 is 0. The molecule has 0 aliphatic carbocycles. The molecule has 5 nitrogen and oxygen atoms in total. The number of phenols is 1. The lowest BCUT2D eigenvalue weighted by atomic mass is 10.1. The zero-order chi connectivity index (χ0) is 25.1. The number of aromatic hydroxyl groups is 1. The Labute approximate surface area is 198 Å². The molecule has 2 aromatic carbocycles. The normalized spacial score (nSPS) is 11.7. The van der Waals surface area contributed by atoms with Crippen molar-refractivity contribution >= 4 is 18.1 Å². The van der Waals surface area contributed by atoms with Gasteiger partial charge in [-0.05, 0) is 63.1 Å². The molecule has 0 aromatic heterocycles. The van der Waals surface area contributed by atoms with Crippen molar-refractivity contribution in [3.8, 4) is 11.5 Å². The Balaban J connectivity index is 0.000000461. The van der Waals surface area contributed by atoms with Crippen LogP contribution < -0.4 is 4.74 Å². The molecule has 0 saturated carbocycles. The summed E-state index contributed by atoms with van der Waals surface area (Å²) in [5.74, 6) is 0.0855. The van der Waals surface area contributed by atoms with Crippen LogP contribution in [0.2, 0.25) is 0 Å². The molecule has 0 spiro atoms. The number of carbonyl (C=O) groups is 1. The van der Waals surface area contributed by atoms with Crippen molar-refractivity contribution in [2.24, 2.45) is 0 Å². The minimum absolute atomic E-state index is 0.275. The maximum atomic E-state index is 10.8. The van der Waals surface area contributed by atoms with Gasteiger partial charge in [-0.15, -0.1) is 0 Å². The van der Waals surface area contributed by atoms with Crippen LogP contribution in [0, 0.1) is 0 Å². The van der Waals surface area contributed by atoms with Gasteiger partial charge in [0.1, 0.15) is 17.1 Å². The average molecular weight is 453 g/mol. The van der Waals surface area contributed by atoms with E-state index in [0.717, 1.165) is 16.9 Å². The van der Waals surface area contributed by atoms with Crippen molar-refractivity contribution in [3.05, 3.63) is 84.0 Å². The predicted molar refractivity (Wildman–Crippen MR) is 135 cm³/mol. The van der Waals surface area contributed by atoms with Crippen LogP contribution in [0.15, 0.2) is 72.8 Å². The lowest BCUT2D eigenvalue weighted by molar-refractivity contribution is -0.149. The van der Waals surface area contributed by atoms with Crippen LogP contribution in [0.5, 0.6) is 11.5 Å². The van der Waals surface area contributed by atoms with Crippen LogP contribution in [-0.2, 0) is 14.3 Å². The Bertz CT molecular complexity index is 943. The van der Waals surface area contributed by atoms with Gasteiger partial charge < -0.3 is 19.3 Å². The lowest BCUT2D eigenvalue weighted by Gasteiger charge is -2.24. The number of allylic oxidation sites excluding steroid dienone is 2. The number of ether oxygens (including phenoxy) is 3. The van der Waals surface area contributed by atoms with Crippen LogP contribution in [0.3, 0.4) is 0 Å². The number of benzene rings is 2. The first-order valence-electron chi connectivity index (χ1n) is 10.7. The number of carbonyl (C=O) groups excluding carboxylic acids is 1. The van der Waals surface area contributed by atoms with E-state index in [0.29, 0.717) is 5.57 Å². The zero-order valence-electron chi connectivity index (χ0n) is 20.7. The number of hydrogen-bond donors (Lipinski definition) is 1. The predicted octanol–water partition coefficient (Wildman–Crippen LogP) is 6.78. The van der Waals surface area contributed by atoms with Gasteiger partial charge in [0.2, 0.25) is 5.79 Å². The molecule has 0 atom stereocenters. The molecule has 0 unspecified atom stereocenters. The van der Waals surface area contributed by atoms with Gasteiger partial charge in [-0.2, -0.15) is 0 Å². The van der Waals surface area contributed by atoms with Crippen molar-refractivity contribution in [1.29, 1.82) is 0 Å². The molecule has 0 heterocycles. The summed E-state index contributed by atoms with van der Waals surface area (Å²) in [4.78, 5) is 10.8. The third-order valence-corrected chi connectivity index (χ3v) is 4.06. The van der Waals surface area contributed by atoms with E-state index in [4.69, 9.17) is 14.2 Å². The molecule has 178 valence electrons. The van der Waals surface area contributed by atoms with Crippen LogP contribution in [0.4, 0.5) is 0 Å². The van der Waals surface area contributed by atoms with E-state index in [9.17, 15) is 9.90 Å². The second kappa shape index (κ2) is 12.7. The quantitative estimate of drug-likeness (QED) is 0.217. The third-order valence-electron chi connectivity index (χ3n) is 4.06. The Morgan fingerprint density at radius 3 is 1.70 bits per heavy atom. The van der Waals surface area contributed by atoms with Crippen LogP contribution >= 0.6 is 0 Å². The van der Waals surface area contributed by atoms with Gasteiger partial charge >= 0.3 is 5.97 Å². The molecule has 1 N–H and O–H groups in total. The second-order valence-corrected chi connectivity index (χ2v) is 8.87. The van der Waals surface area contributed by atoms with E-state index in [2.05, 4.69) is 6.58 Å². The van der Waals surface area contributed by atoms with E-state index in [1.807, 2.05) is 95.3 Å². The average Bonchev–Trinajstić information content (AvgIpc) is 2.73. The Kier molecular flexibility index (Phi) is 10.6. The number of methoxy groups -OCH3 is 1. The first kappa shape index (κ1) is 27.7. The van der Waals surface area contributed by atoms with E-state index in [1.54, 1.807) is 26.2 Å². The van der Waals surface area contributed by atoms with Gasteiger partial charge in [-0.3, -0.25) is 0 Å². The summed E-state index contributed by atoms with van der Waals surface area (Å²) in [5, 5.41) is 9.23. The Morgan fingerprint density at radius 2 is 1.33 bits per heavy atom. The minimum Gasteiger partial charge on any atom is -0.508 e. The van der Waals surface area contributed by atoms with Crippen LogP contribution in [0.1, 0.15) is 52.7 Å². The van der Waals surface area contributed by atoms with Crippen LogP contribution in [0.25, 0.3) is 12.2 Å². The highest BCUT2D eigenvalue weighted by Gasteiger charge is 2.17. The molecule has 0 radical (unpaired) electrons. The first-order chi connectivity index (χ1) is 15.3. The number of esters is 1. The highest BCUT2D eigenvalue weighted by molar-refractivity contribution is 5.87. The summed E-state index contributed by atoms with van der Waals surface area (Å²) in [6.45, 7) is 14.3. The molecule has 0 fully saturated rings. The first-order valence-corrected chi connectivity index (χ1v) is 10.7. The second-order valence-electron chi connectivity index (χ2n) is 8.87. The van der Waals surface area contributed by atoms with Gasteiger partial charge in [0.05, 0.1) is 0 Å². The fraction of sp³-hybridized carbons (Fsp3) is 0.321. The maximum absolute atomic E-state index is 10.8. The lowest BCUT2D eigenvalue weighted by Crippen LogP contribution is -2.30. The Hall–Kier alpha value is -3.31. The van der Waals surface area contributed by atoms with Crippen molar-refractivity contribution in [2.45, 2.75) is 52.9 Å². The molecule has 2 aromatic rings. The number of rotatable bonds is 7. The molecule has 0 amide bonds. The fourth-order valence-corrected chi connectivity index (χ4v) is 2.26. The van der Waals surface area contributed by atoms with Crippen molar-refractivity contribution in [2.75, 3.05) is 7.11 Å². The van der Waals surface area contributed by atoms with Gasteiger partial charge in [0, 0.05) is 26.5 Å². The monoisotopic (exact) mass is 452 g/mol. The summed E-state index contributed by atoms with van der Waals surface area (Å²) < 4.78 is 15.9. The zero-order valence-corrected chi connectivity index (χ0v) is 20.7. The van der Waals surface area contributed by atoms with Gasteiger partial charge in [-0.1, -0.05) is 55.1 Å². The molecule has 33 heavy (non-hydrogen) atoms. The molecule has 5 heteroatoms. The summed E-state index contributed by atoms with van der Waals surface area (Å²) in [6, 6.07) is 14.9. The van der Waals surface area contributed by atoms with E-state index < -0.39 is 11.4 Å². The standard InChI is InChI=1S/C20H22O3.C8H14O2/c1-20(2,22-3)23-19-14-10-17(11-15-19)7-5-4-6-16-8-12-18(21)13-9-16;1-6(2)7(9)10-8(3,4)5/h4-15,21H,1-3H3;1H2,2-5H3. The molecular formula is C28H36O5. The van der Waals surface area contributed by atoms with Crippen molar-refractivity contribution < 1.29 is 24.1 Å². The third kappa shape index (κ3) is 12.3. The molecule has 0 bridgehead atoms. The molecular weight excluding hydrogens is 416 g/mol. The summed E-state index contributed by atoms with van der Waals surface area (Å²) in [7, 11) is 1.62. The molecule has 2 rings (SSSR count).